The highest BCUT2D eigenvalue weighted by Crippen LogP contribution is 2.25. The van der Waals surface area contributed by atoms with Gasteiger partial charge in [-0.3, -0.25) is 4.40 Å². The minimum Gasteiger partial charge on any atom is -0.381 e. The summed E-state index contributed by atoms with van der Waals surface area (Å²) in [6.07, 6.45) is 4.36. The van der Waals surface area contributed by atoms with Crippen LogP contribution in [0.3, 0.4) is 0 Å². The Morgan fingerprint density at radius 3 is 2.95 bits per heavy atom. The summed E-state index contributed by atoms with van der Waals surface area (Å²) in [5, 5.41) is 1.75. The number of thiazole rings is 1. The summed E-state index contributed by atoms with van der Waals surface area (Å²) in [4.78, 5) is 4.58. The molecular weight excluding hydrogens is 334 g/mol. The smallest absolute Gasteiger partial charge is 0.259 e. The first-order valence-electron chi connectivity index (χ1n) is 6.74. The van der Waals surface area contributed by atoms with E-state index in [0.29, 0.717) is 31.1 Å². The highest BCUT2D eigenvalue weighted by atomic mass is 35.5. The van der Waals surface area contributed by atoms with Gasteiger partial charge in [0.1, 0.15) is 0 Å². The number of nitrogens with one attached hydrogen (secondary N) is 1. The number of hydrogen-bond acceptors (Lipinski definition) is 5. The van der Waals surface area contributed by atoms with Crippen molar-refractivity contribution in [2.45, 2.75) is 31.2 Å². The molecule has 2 aromatic rings. The van der Waals surface area contributed by atoms with E-state index in [1.54, 1.807) is 11.6 Å². The number of rotatable bonds is 9. The molecule has 0 saturated heterocycles. The Bertz CT molecular complexity index is 681. The van der Waals surface area contributed by atoms with Crippen LogP contribution in [0.4, 0.5) is 0 Å². The Hall–Kier alpha value is -0.670. The zero-order valence-corrected chi connectivity index (χ0v) is 14.1. The summed E-state index contributed by atoms with van der Waals surface area (Å²) in [5.41, 5.74) is 0. The molecule has 0 unspecified atom stereocenters. The van der Waals surface area contributed by atoms with Crippen molar-refractivity contribution in [1.29, 1.82) is 0 Å². The van der Waals surface area contributed by atoms with Gasteiger partial charge in [0.05, 0.1) is 0 Å². The number of ether oxygens (including phenoxy) is 1. The number of fused-ring (bicyclic) bond motifs is 1. The molecule has 0 radical (unpaired) electrons. The fourth-order valence-corrected chi connectivity index (χ4v) is 4.30. The molecule has 9 heteroatoms. The van der Waals surface area contributed by atoms with Gasteiger partial charge in [-0.2, -0.15) is 0 Å². The van der Waals surface area contributed by atoms with E-state index in [2.05, 4.69) is 16.6 Å². The van der Waals surface area contributed by atoms with Gasteiger partial charge in [0.15, 0.2) is 15.1 Å². The first-order valence-corrected chi connectivity index (χ1v) is 9.49. The second kappa shape index (κ2) is 7.55. The molecule has 118 valence electrons. The topological polar surface area (TPSA) is 72.7 Å². The van der Waals surface area contributed by atoms with Crippen molar-refractivity contribution >= 4 is 37.9 Å². The number of unbranched alkanes of at least 4 members (excludes halogenated alkanes) is 1. The Balaban J connectivity index is 1.90. The van der Waals surface area contributed by atoms with Crippen LogP contribution in [0.25, 0.3) is 4.96 Å². The van der Waals surface area contributed by atoms with Gasteiger partial charge in [-0.05, 0) is 12.8 Å². The van der Waals surface area contributed by atoms with Crippen molar-refractivity contribution in [1.82, 2.24) is 14.1 Å². The van der Waals surface area contributed by atoms with E-state index in [0.717, 1.165) is 12.8 Å². The fourth-order valence-electron chi connectivity index (χ4n) is 1.78. The van der Waals surface area contributed by atoms with Crippen LogP contribution in [0.15, 0.2) is 16.6 Å². The normalized spacial score (nSPS) is 12.3. The summed E-state index contributed by atoms with van der Waals surface area (Å²) in [6, 6.07) is 0. The average molecular weight is 352 g/mol. The average Bonchev–Trinajstić information content (AvgIpc) is 2.96. The molecule has 0 spiro atoms. The van der Waals surface area contributed by atoms with E-state index < -0.39 is 10.0 Å². The minimum atomic E-state index is -3.67. The standard InChI is InChI=1S/C12H18ClN3O3S2/c1-2-3-7-19-8-4-5-14-21(17,18)11-10(13)15-12-16(11)6-9-20-12/h6,9,14H,2-5,7-8H2,1H3. The molecule has 0 aliphatic carbocycles. The van der Waals surface area contributed by atoms with Crippen molar-refractivity contribution in [2.24, 2.45) is 0 Å². The van der Waals surface area contributed by atoms with Gasteiger partial charge in [0.25, 0.3) is 10.0 Å². The van der Waals surface area contributed by atoms with Crippen LogP contribution in [0, 0.1) is 0 Å². The van der Waals surface area contributed by atoms with E-state index in [1.807, 2.05) is 0 Å². The van der Waals surface area contributed by atoms with Crippen molar-refractivity contribution in [3.05, 3.63) is 16.7 Å². The zero-order chi connectivity index (χ0) is 15.3. The predicted molar refractivity (Wildman–Crippen MR) is 83.6 cm³/mol. The van der Waals surface area contributed by atoms with Gasteiger partial charge in [-0.25, -0.2) is 18.1 Å². The zero-order valence-electron chi connectivity index (χ0n) is 11.7. The van der Waals surface area contributed by atoms with Gasteiger partial charge < -0.3 is 4.74 Å². The molecule has 2 aromatic heterocycles. The number of nitrogens with zero attached hydrogens (tertiary/aromatic N) is 2. The van der Waals surface area contributed by atoms with Gasteiger partial charge in [-0.15, -0.1) is 11.3 Å². The van der Waals surface area contributed by atoms with Crippen molar-refractivity contribution in [2.75, 3.05) is 19.8 Å². The van der Waals surface area contributed by atoms with Gasteiger partial charge in [-0.1, -0.05) is 24.9 Å². The molecule has 0 bridgehead atoms. The van der Waals surface area contributed by atoms with Crippen LogP contribution in [0.1, 0.15) is 26.2 Å². The van der Waals surface area contributed by atoms with Crippen molar-refractivity contribution in [3.8, 4) is 0 Å². The molecule has 0 aliphatic rings. The molecule has 2 rings (SSSR count). The van der Waals surface area contributed by atoms with E-state index in [4.69, 9.17) is 16.3 Å². The van der Waals surface area contributed by atoms with Crippen LogP contribution in [0.2, 0.25) is 5.15 Å². The summed E-state index contributed by atoms with van der Waals surface area (Å²) in [7, 11) is -3.67. The van der Waals surface area contributed by atoms with E-state index in [9.17, 15) is 8.42 Å². The predicted octanol–water partition coefficient (Wildman–Crippen LogP) is 2.53. The third-order valence-electron chi connectivity index (χ3n) is 2.83. The lowest BCUT2D eigenvalue weighted by atomic mass is 10.4. The molecule has 0 atom stereocenters. The fraction of sp³-hybridized carbons (Fsp3) is 0.583. The van der Waals surface area contributed by atoms with Gasteiger partial charge in [0.2, 0.25) is 0 Å². The quantitative estimate of drug-likeness (QED) is 0.704. The number of hydrogen-bond donors (Lipinski definition) is 1. The van der Waals surface area contributed by atoms with Crippen molar-refractivity contribution < 1.29 is 13.2 Å². The molecule has 0 amide bonds. The maximum absolute atomic E-state index is 12.3. The van der Waals surface area contributed by atoms with Crippen LogP contribution < -0.4 is 4.72 Å². The lowest BCUT2D eigenvalue weighted by molar-refractivity contribution is 0.130. The third kappa shape index (κ3) is 4.17. The Labute approximate surface area is 133 Å². The Morgan fingerprint density at radius 1 is 1.43 bits per heavy atom. The molecule has 1 N–H and O–H groups in total. The number of aromatic nitrogens is 2. The highest BCUT2D eigenvalue weighted by molar-refractivity contribution is 7.89. The third-order valence-corrected chi connectivity index (χ3v) is 5.45. The maximum Gasteiger partial charge on any atom is 0.259 e. The van der Waals surface area contributed by atoms with Gasteiger partial charge >= 0.3 is 0 Å². The minimum absolute atomic E-state index is 0.00598. The SMILES string of the molecule is CCCCOCCCNS(=O)(=O)c1c(Cl)nc2sccn12. The van der Waals surface area contributed by atoms with E-state index in [1.165, 1.54) is 15.7 Å². The molecule has 21 heavy (non-hydrogen) atoms. The molecule has 2 heterocycles. The second-order valence-electron chi connectivity index (χ2n) is 4.48. The molecule has 6 nitrogen and oxygen atoms in total. The number of imidazole rings is 1. The van der Waals surface area contributed by atoms with E-state index in [-0.39, 0.29) is 10.2 Å². The highest BCUT2D eigenvalue weighted by Gasteiger charge is 2.24. The lowest BCUT2D eigenvalue weighted by Crippen LogP contribution is -2.26. The first kappa shape index (κ1) is 16.7. The van der Waals surface area contributed by atoms with E-state index >= 15 is 0 Å². The van der Waals surface area contributed by atoms with Crippen LogP contribution >= 0.6 is 22.9 Å². The number of halogens is 1. The summed E-state index contributed by atoms with van der Waals surface area (Å²) in [6.45, 7) is 3.66. The van der Waals surface area contributed by atoms with Crippen molar-refractivity contribution in [3.63, 3.8) is 0 Å². The summed E-state index contributed by atoms with van der Waals surface area (Å²) < 4.78 is 33.9. The summed E-state index contributed by atoms with van der Waals surface area (Å²) >= 11 is 7.25. The Kier molecular flexibility index (Phi) is 6.00. The monoisotopic (exact) mass is 351 g/mol. The molecule has 0 fully saturated rings. The lowest BCUT2D eigenvalue weighted by Gasteiger charge is -2.06. The Morgan fingerprint density at radius 2 is 2.19 bits per heavy atom. The molecular formula is C12H18ClN3O3S2. The number of sulfonamides is 1. The molecule has 0 aliphatic heterocycles. The van der Waals surface area contributed by atoms with Gasteiger partial charge in [0, 0.05) is 31.3 Å². The first-order chi connectivity index (χ1) is 10.1. The largest absolute Gasteiger partial charge is 0.381 e. The van der Waals surface area contributed by atoms with Crippen LogP contribution in [0.5, 0.6) is 0 Å². The van der Waals surface area contributed by atoms with Crippen LogP contribution in [-0.4, -0.2) is 37.6 Å². The second-order valence-corrected chi connectivity index (χ2v) is 7.39. The maximum atomic E-state index is 12.3. The molecule has 0 aromatic carbocycles. The van der Waals surface area contributed by atoms with Crippen LogP contribution in [-0.2, 0) is 14.8 Å². The summed E-state index contributed by atoms with van der Waals surface area (Å²) in [5.74, 6) is 0. The molecule has 0 saturated carbocycles.